The number of halogens is 2. The molecule has 0 aromatic rings. The van der Waals surface area contributed by atoms with Gasteiger partial charge in [0, 0.05) is 32.2 Å². The maximum Gasteiger partial charge on any atom is 0.377 e. The molecular formula is C10H16F2N2O2. The lowest BCUT2D eigenvalue weighted by Crippen LogP contribution is -2.51. The normalized spacial score (nSPS) is 35.1. The van der Waals surface area contributed by atoms with Crippen molar-refractivity contribution in [3.05, 3.63) is 0 Å². The number of carbonyl (C=O) groups is 1. The zero-order valence-corrected chi connectivity index (χ0v) is 9.21. The molecule has 2 rings (SSSR count). The molecule has 0 aromatic carbocycles. The molecule has 92 valence electrons. The number of piperazine rings is 1. The largest absolute Gasteiger partial charge is 0.456 e. The van der Waals surface area contributed by atoms with Gasteiger partial charge < -0.3 is 10.1 Å². The van der Waals surface area contributed by atoms with Crippen molar-refractivity contribution in [1.29, 1.82) is 0 Å². The van der Waals surface area contributed by atoms with Gasteiger partial charge in [-0.3, -0.25) is 4.90 Å². The smallest absolute Gasteiger partial charge is 0.377 e. The van der Waals surface area contributed by atoms with Crippen molar-refractivity contribution in [2.45, 2.75) is 31.4 Å². The fourth-order valence-electron chi connectivity index (χ4n) is 2.17. The highest BCUT2D eigenvalue weighted by atomic mass is 19.3. The molecule has 0 saturated carbocycles. The summed E-state index contributed by atoms with van der Waals surface area (Å²) >= 11 is 0. The van der Waals surface area contributed by atoms with Gasteiger partial charge in [-0.25, -0.2) is 4.79 Å². The highest BCUT2D eigenvalue weighted by Crippen LogP contribution is 2.31. The Morgan fingerprint density at radius 1 is 1.62 bits per heavy atom. The van der Waals surface area contributed by atoms with Gasteiger partial charge in [0.1, 0.15) is 6.10 Å². The van der Waals surface area contributed by atoms with Crippen molar-refractivity contribution in [3.8, 4) is 0 Å². The predicted molar refractivity (Wildman–Crippen MR) is 53.3 cm³/mol. The van der Waals surface area contributed by atoms with Gasteiger partial charge in [-0.15, -0.1) is 0 Å². The Balaban J connectivity index is 1.89. The Labute approximate surface area is 92.9 Å². The van der Waals surface area contributed by atoms with E-state index in [1.807, 2.05) is 6.92 Å². The molecule has 2 saturated heterocycles. The molecule has 0 amide bonds. The van der Waals surface area contributed by atoms with E-state index in [-0.39, 0.29) is 0 Å². The standard InChI is InChI=1S/C10H16F2N2O2/c1-7-5-13-2-3-14(7)6-8-4-10(11,12)9(15)16-8/h7-8,13H,2-6H2,1H3. The van der Waals surface area contributed by atoms with Crippen LogP contribution in [0, 0.1) is 0 Å². The minimum Gasteiger partial charge on any atom is -0.456 e. The Bertz CT molecular complexity index is 286. The first-order valence-corrected chi connectivity index (χ1v) is 5.53. The van der Waals surface area contributed by atoms with E-state index >= 15 is 0 Å². The van der Waals surface area contributed by atoms with Gasteiger partial charge in [0.15, 0.2) is 0 Å². The molecule has 2 unspecified atom stereocenters. The summed E-state index contributed by atoms with van der Waals surface area (Å²) in [6.07, 6.45) is -1.15. The van der Waals surface area contributed by atoms with Crippen LogP contribution in [-0.2, 0) is 9.53 Å². The lowest BCUT2D eigenvalue weighted by Gasteiger charge is -2.34. The van der Waals surface area contributed by atoms with E-state index in [1.54, 1.807) is 0 Å². The van der Waals surface area contributed by atoms with Crippen molar-refractivity contribution in [2.24, 2.45) is 0 Å². The third-order valence-corrected chi connectivity index (χ3v) is 3.13. The van der Waals surface area contributed by atoms with Crippen molar-refractivity contribution in [3.63, 3.8) is 0 Å². The van der Waals surface area contributed by atoms with Gasteiger partial charge in [-0.1, -0.05) is 0 Å². The molecule has 4 nitrogen and oxygen atoms in total. The number of ether oxygens (including phenoxy) is 1. The van der Waals surface area contributed by atoms with E-state index in [4.69, 9.17) is 0 Å². The molecule has 0 radical (unpaired) electrons. The molecule has 0 aliphatic carbocycles. The Hall–Kier alpha value is -0.750. The summed E-state index contributed by atoms with van der Waals surface area (Å²) in [4.78, 5) is 12.9. The van der Waals surface area contributed by atoms with Crippen LogP contribution in [-0.4, -0.2) is 55.1 Å². The van der Waals surface area contributed by atoms with E-state index < -0.39 is 24.4 Å². The minimum absolute atomic E-state index is 0.293. The number of alkyl halides is 2. The van der Waals surface area contributed by atoms with Gasteiger partial charge in [0.05, 0.1) is 6.42 Å². The molecule has 2 atom stereocenters. The van der Waals surface area contributed by atoms with Crippen molar-refractivity contribution >= 4 is 5.97 Å². The van der Waals surface area contributed by atoms with E-state index in [0.717, 1.165) is 19.6 Å². The summed E-state index contributed by atoms with van der Waals surface area (Å²) in [7, 11) is 0. The number of nitrogens with one attached hydrogen (secondary N) is 1. The maximum atomic E-state index is 12.9. The topological polar surface area (TPSA) is 41.6 Å². The second-order valence-electron chi connectivity index (χ2n) is 4.48. The molecule has 0 bridgehead atoms. The zero-order chi connectivity index (χ0) is 11.8. The average molecular weight is 234 g/mol. The number of esters is 1. The zero-order valence-electron chi connectivity index (χ0n) is 9.21. The molecule has 6 heteroatoms. The van der Waals surface area contributed by atoms with Crippen LogP contribution in [0.2, 0.25) is 0 Å². The number of carbonyl (C=O) groups excluding carboxylic acids is 1. The van der Waals surface area contributed by atoms with Crippen LogP contribution in [0.3, 0.4) is 0 Å². The minimum atomic E-state index is -3.29. The van der Waals surface area contributed by atoms with E-state index in [1.165, 1.54) is 0 Å². The lowest BCUT2D eigenvalue weighted by molar-refractivity contribution is -0.159. The van der Waals surface area contributed by atoms with E-state index in [9.17, 15) is 13.6 Å². The number of rotatable bonds is 2. The summed E-state index contributed by atoms with van der Waals surface area (Å²) in [5, 5.41) is 3.22. The maximum absolute atomic E-state index is 12.9. The molecule has 1 N–H and O–H groups in total. The van der Waals surface area contributed by atoms with Gasteiger partial charge in [0.25, 0.3) is 0 Å². The SMILES string of the molecule is CC1CNCCN1CC1CC(F)(F)C(=O)O1. The van der Waals surface area contributed by atoms with E-state index in [0.29, 0.717) is 12.6 Å². The predicted octanol–water partition coefficient (Wildman–Crippen LogP) is 0.231. The van der Waals surface area contributed by atoms with Crippen LogP contribution in [0.5, 0.6) is 0 Å². The second kappa shape index (κ2) is 4.25. The average Bonchev–Trinajstić information content (AvgIpc) is 2.44. The highest BCUT2D eigenvalue weighted by molar-refractivity contribution is 5.79. The Kier molecular flexibility index (Phi) is 3.12. The third kappa shape index (κ3) is 2.32. The molecular weight excluding hydrogens is 218 g/mol. The van der Waals surface area contributed by atoms with E-state index in [2.05, 4.69) is 15.0 Å². The van der Waals surface area contributed by atoms with Crippen LogP contribution in [0.25, 0.3) is 0 Å². The van der Waals surface area contributed by atoms with Crippen molar-refractivity contribution in [2.75, 3.05) is 26.2 Å². The van der Waals surface area contributed by atoms with Crippen molar-refractivity contribution in [1.82, 2.24) is 10.2 Å². The van der Waals surface area contributed by atoms with Crippen LogP contribution in [0.1, 0.15) is 13.3 Å². The van der Waals surface area contributed by atoms with Crippen LogP contribution in [0.15, 0.2) is 0 Å². The quantitative estimate of drug-likeness (QED) is 0.695. The summed E-state index contributed by atoms with van der Waals surface area (Å²) in [6, 6.07) is 0.293. The van der Waals surface area contributed by atoms with Crippen molar-refractivity contribution < 1.29 is 18.3 Å². The first-order valence-electron chi connectivity index (χ1n) is 5.53. The molecule has 0 spiro atoms. The number of hydrogen-bond donors (Lipinski definition) is 1. The highest BCUT2D eigenvalue weighted by Gasteiger charge is 2.51. The summed E-state index contributed by atoms with van der Waals surface area (Å²) < 4.78 is 30.5. The Morgan fingerprint density at radius 3 is 2.94 bits per heavy atom. The number of cyclic esters (lactones) is 1. The fourth-order valence-corrected chi connectivity index (χ4v) is 2.17. The van der Waals surface area contributed by atoms with Crippen LogP contribution >= 0.6 is 0 Å². The molecule has 2 heterocycles. The molecule has 2 aliphatic rings. The van der Waals surface area contributed by atoms with Gasteiger partial charge in [0.2, 0.25) is 0 Å². The summed E-state index contributed by atoms with van der Waals surface area (Å²) in [6.45, 7) is 4.94. The molecule has 16 heavy (non-hydrogen) atoms. The first-order chi connectivity index (χ1) is 7.49. The third-order valence-electron chi connectivity index (χ3n) is 3.13. The van der Waals surface area contributed by atoms with Crippen LogP contribution < -0.4 is 5.32 Å². The second-order valence-corrected chi connectivity index (χ2v) is 4.48. The van der Waals surface area contributed by atoms with Crippen LogP contribution in [0.4, 0.5) is 8.78 Å². The van der Waals surface area contributed by atoms with Gasteiger partial charge in [-0.05, 0) is 6.92 Å². The molecule has 0 aromatic heterocycles. The monoisotopic (exact) mass is 234 g/mol. The Morgan fingerprint density at radius 2 is 2.38 bits per heavy atom. The first kappa shape index (κ1) is 11.7. The lowest BCUT2D eigenvalue weighted by atomic mass is 10.1. The number of nitrogens with zero attached hydrogens (tertiary/aromatic N) is 1. The number of hydrogen-bond acceptors (Lipinski definition) is 4. The fraction of sp³-hybridized carbons (Fsp3) is 0.900. The summed E-state index contributed by atoms with van der Waals surface area (Å²) in [5.41, 5.74) is 0. The molecule has 2 fully saturated rings. The molecule has 2 aliphatic heterocycles. The summed E-state index contributed by atoms with van der Waals surface area (Å²) in [5.74, 6) is -4.66. The van der Waals surface area contributed by atoms with Gasteiger partial charge >= 0.3 is 11.9 Å². The van der Waals surface area contributed by atoms with Gasteiger partial charge in [-0.2, -0.15) is 8.78 Å².